The van der Waals surface area contributed by atoms with Crippen LogP contribution in [0.5, 0.6) is 0 Å². The number of carbonyl (C=O) groups is 1. The molecule has 1 aliphatic heterocycles. The summed E-state index contributed by atoms with van der Waals surface area (Å²) in [6, 6.07) is 7.89. The number of hydrogen-bond donors (Lipinski definition) is 2. The van der Waals surface area contributed by atoms with E-state index in [0.29, 0.717) is 0 Å². The highest BCUT2D eigenvalue weighted by Crippen LogP contribution is 2.18. The van der Waals surface area contributed by atoms with Crippen LogP contribution in [0.15, 0.2) is 29.2 Å². The Morgan fingerprint density at radius 3 is 2.71 bits per heavy atom. The zero-order valence-electron chi connectivity index (χ0n) is 9.56. The van der Waals surface area contributed by atoms with Crippen molar-refractivity contribution in [3.8, 4) is 0 Å². The second-order valence-electron chi connectivity index (χ2n) is 3.87. The molecule has 2 rings (SSSR count). The molecule has 1 saturated heterocycles. The molecule has 0 atom stereocenters. The number of urea groups is 1. The van der Waals surface area contributed by atoms with Gasteiger partial charge >= 0.3 is 6.03 Å². The van der Waals surface area contributed by atoms with Crippen molar-refractivity contribution in [2.45, 2.75) is 11.5 Å². The number of rotatable bonds is 5. The number of nitrogens with zero attached hydrogens (tertiary/aromatic N) is 1. The molecule has 0 radical (unpaired) electrons. The molecular formula is C12H16N2O2S. The Bertz CT molecular complexity index is 381. The molecule has 17 heavy (non-hydrogen) atoms. The monoisotopic (exact) mass is 252 g/mol. The van der Waals surface area contributed by atoms with Crippen LogP contribution in [-0.4, -0.2) is 41.4 Å². The molecule has 2 amide bonds. The first kappa shape index (κ1) is 12.3. The van der Waals surface area contributed by atoms with Crippen molar-refractivity contribution in [2.75, 3.05) is 25.4 Å². The predicted molar refractivity (Wildman–Crippen MR) is 68.1 cm³/mol. The summed E-state index contributed by atoms with van der Waals surface area (Å²) in [7, 11) is 0. The van der Waals surface area contributed by atoms with E-state index >= 15 is 0 Å². The van der Waals surface area contributed by atoms with E-state index in [1.165, 1.54) is 4.90 Å². The fourth-order valence-electron chi connectivity index (χ4n) is 1.69. The quantitative estimate of drug-likeness (QED) is 0.777. The van der Waals surface area contributed by atoms with E-state index < -0.39 is 0 Å². The number of aliphatic hydroxyl groups excluding tert-OH is 1. The maximum atomic E-state index is 11.3. The van der Waals surface area contributed by atoms with Crippen molar-refractivity contribution in [1.29, 1.82) is 0 Å². The molecule has 5 heteroatoms. The van der Waals surface area contributed by atoms with E-state index in [4.69, 9.17) is 5.11 Å². The van der Waals surface area contributed by atoms with Crippen molar-refractivity contribution in [2.24, 2.45) is 0 Å². The molecule has 0 bridgehead atoms. The van der Waals surface area contributed by atoms with Gasteiger partial charge < -0.3 is 15.3 Å². The van der Waals surface area contributed by atoms with E-state index in [2.05, 4.69) is 5.32 Å². The topological polar surface area (TPSA) is 52.6 Å². The fourth-order valence-corrected chi connectivity index (χ4v) is 2.57. The molecule has 4 nitrogen and oxygen atoms in total. The lowest BCUT2D eigenvalue weighted by Gasteiger charge is -2.13. The van der Waals surface area contributed by atoms with E-state index in [0.717, 1.165) is 31.0 Å². The summed E-state index contributed by atoms with van der Waals surface area (Å²) < 4.78 is 0. The minimum absolute atomic E-state index is 0.0428. The lowest BCUT2D eigenvalue weighted by Crippen LogP contribution is -2.30. The first-order chi connectivity index (χ1) is 8.29. The van der Waals surface area contributed by atoms with Gasteiger partial charge in [0, 0.05) is 30.3 Å². The first-order valence-corrected chi connectivity index (χ1v) is 6.63. The SMILES string of the molecule is O=C1NCCN1CCSc1ccc(CO)cc1. The van der Waals surface area contributed by atoms with Crippen LogP contribution in [0.25, 0.3) is 0 Å². The average molecular weight is 252 g/mol. The van der Waals surface area contributed by atoms with Gasteiger partial charge in [0.15, 0.2) is 0 Å². The van der Waals surface area contributed by atoms with Gasteiger partial charge in [-0.25, -0.2) is 4.79 Å². The molecule has 1 fully saturated rings. The number of amides is 2. The Morgan fingerprint density at radius 2 is 2.12 bits per heavy atom. The maximum Gasteiger partial charge on any atom is 0.317 e. The Morgan fingerprint density at radius 1 is 1.35 bits per heavy atom. The van der Waals surface area contributed by atoms with Gasteiger partial charge in [0.1, 0.15) is 0 Å². The standard InChI is InChI=1S/C12H16N2O2S/c15-9-10-1-3-11(4-2-10)17-8-7-14-6-5-13-12(14)16/h1-4,15H,5-9H2,(H,13,16). The van der Waals surface area contributed by atoms with Crippen LogP contribution in [0.3, 0.4) is 0 Å². The summed E-state index contributed by atoms with van der Waals surface area (Å²) in [6.45, 7) is 2.43. The Hall–Kier alpha value is -1.20. The average Bonchev–Trinajstić information content (AvgIpc) is 2.76. The summed E-state index contributed by atoms with van der Waals surface area (Å²) in [5, 5.41) is 11.7. The molecule has 0 spiro atoms. The largest absolute Gasteiger partial charge is 0.392 e. The van der Waals surface area contributed by atoms with Gasteiger partial charge in [0.05, 0.1) is 6.61 Å². The lowest BCUT2D eigenvalue weighted by atomic mass is 10.2. The van der Waals surface area contributed by atoms with Crippen LogP contribution in [0.2, 0.25) is 0 Å². The molecule has 0 unspecified atom stereocenters. The second kappa shape index (κ2) is 5.93. The van der Waals surface area contributed by atoms with Crippen molar-refractivity contribution in [1.82, 2.24) is 10.2 Å². The van der Waals surface area contributed by atoms with Crippen LogP contribution in [0.1, 0.15) is 5.56 Å². The summed E-state index contributed by atoms with van der Waals surface area (Å²) in [6.07, 6.45) is 0. The Kier molecular flexibility index (Phi) is 4.28. The van der Waals surface area contributed by atoms with Crippen LogP contribution in [0, 0.1) is 0 Å². The van der Waals surface area contributed by atoms with E-state index in [1.807, 2.05) is 29.2 Å². The van der Waals surface area contributed by atoms with Gasteiger partial charge in [-0.3, -0.25) is 0 Å². The number of nitrogens with one attached hydrogen (secondary N) is 1. The third-order valence-corrected chi connectivity index (χ3v) is 3.67. The third kappa shape index (κ3) is 3.38. The molecule has 2 N–H and O–H groups in total. The lowest BCUT2D eigenvalue weighted by molar-refractivity contribution is 0.220. The molecule has 92 valence electrons. The van der Waals surface area contributed by atoms with Gasteiger partial charge in [-0.15, -0.1) is 11.8 Å². The molecule has 0 aromatic heterocycles. The predicted octanol–water partition coefficient (Wildman–Crippen LogP) is 1.30. The van der Waals surface area contributed by atoms with E-state index in [-0.39, 0.29) is 12.6 Å². The molecule has 1 aromatic rings. The normalized spacial score (nSPS) is 15.1. The smallest absolute Gasteiger partial charge is 0.317 e. The third-order valence-electron chi connectivity index (χ3n) is 2.68. The molecule has 1 aliphatic rings. The van der Waals surface area contributed by atoms with Crippen molar-refractivity contribution in [3.05, 3.63) is 29.8 Å². The van der Waals surface area contributed by atoms with Crippen molar-refractivity contribution >= 4 is 17.8 Å². The zero-order chi connectivity index (χ0) is 12.1. The fraction of sp³-hybridized carbons (Fsp3) is 0.417. The maximum absolute atomic E-state index is 11.3. The number of thioether (sulfide) groups is 1. The van der Waals surface area contributed by atoms with Crippen molar-refractivity contribution in [3.63, 3.8) is 0 Å². The van der Waals surface area contributed by atoms with Gasteiger partial charge in [-0.1, -0.05) is 12.1 Å². The molecular weight excluding hydrogens is 236 g/mol. The highest BCUT2D eigenvalue weighted by molar-refractivity contribution is 7.99. The Balaban J connectivity index is 1.75. The number of aliphatic hydroxyl groups is 1. The number of carbonyl (C=O) groups excluding carboxylic acids is 1. The minimum Gasteiger partial charge on any atom is -0.392 e. The first-order valence-electron chi connectivity index (χ1n) is 5.65. The van der Waals surface area contributed by atoms with E-state index in [9.17, 15) is 4.79 Å². The number of benzene rings is 1. The van der Waals surface area contributed by atoms with Crippen molar-refractivity contribution < 1.29 is 9.90 Å². The van der Waals surface area contributed by atoms with Crippen LogP contribution in [0.4, 0.5) is 4.79 Å². The summed E-state index contributed by atoms with van der Waals surface area (Å²) in [5.74, 6) is 0.895. The minimum atomic E-state index is 0.0428. The van der Waals surface area contributed by atoms with Gasteiger partial charge in [-0.05, 0) is 17.7 Å². The summed E-state index contributed by atoms with van der Waals surface area (Å²) in [5.41, 5.74) is 0.924. The highest BCUT2D eigenvalue weighted by Gasteiger charge is 2.18. The molecule has 0 aliphatic carbocycles. The number of hydrogen-bond acceptors (Lipinski definition) is 3. The van der Waals surface area contributed by atoms with Gasteiger partial charge in [0.25, 0.3) is 0 Å². The van der Waals surface area contributed by atoms with Crippen LogP contribution < -0.4 is 5.32 Å². The highest BCUT2D eigenvalue weighted by atomic mass is 32.2. The molecule has 1 heterocycles. The molecule has 1 aromatic carbocycles. The summed E-state index contributed by atoms with van der Waals surface area (Å²) in [4.78, 5) is 14.3. The zero-order valence-corrected chi connectivity index (χ0v) is 10.4. The van der Waals surface area contributed by atoms with Crippen LogP contribution >= 0.6 is 11.8 Å². The van der Waals surface area contributed by atoms with Gasteiger partial charge in [0.2, 0.25) is 0 Å². The van der Waals surface area contributed by atoms with Crippen LogP contribution in [-0.2, 0) is 6.61 Å². The molecule has 0 saturated carbocycles. The van der Waals surface area contributed by atoms with E-state index in [1.54, 1.807) is 11.8 Å². The van der Waals surface area contributed by atoms with Gasteiger partial charge in [-0.2, -0.15) is 0 Å². The second-order valence-corrected chi connectivity index (χ2v) is 5.04. The Labute approximate surface area is 105 Å². The summed E-state index contributed by atoms with van der Waals surface area (Å²) >= 11 is 1.73.